The second-order valence-electron chi connectivity index (χ2n) is 4.00. The molecular weight excluding hydrogens is 295 g/mol. The highest BCUT2D eigenvalue weighted by Crippen LogP contribution is 2.28. The minimum Gasteiger partial charge on any atom is -0.313 e. The van der Waals surface area contributed by atoms with Crippen LogP contribution in [0.3, 0.4) is 0 Å². The Hall–Kier alpha value is -1.26. The van der Waals surface area contributed by atoms with Crippen molar-refractivity contribution in [1.29, 1.82) is 0 Å². The van der Waals surface area contributed by atoms with Gasteiger partial charge in [0.05, 0.1) is 0 Å². The van der Waals surface area contributed by atoms with Crippen LogP contribution in [-0.4, -0.2) is 12.0 Å². The minimum absolute atomic E-state index is 0.101. The van der Waals surface area contributed by atoms with Crippen LogP contribution in [0.1, 0.15) is 17.3 Å². The monoisotopic (exact) mass is 308 g/mol. The second kappa shape index (κ2) is 6.07. The standard InChI is InChI=1S/C14H14BrFN2/c1-17-13(9-10-5-2-3-8-18-10)14-11(15)6-4-7-12(14)16/h2-8,13,17H,9H2,1H3. The molecule has 94 valence electrons. The summed E-state index contributed by atoms with van der Waals surface area (Å²) in [5.74, 6) is -0.209. The molecule has 1 heterocycles. The molecule has 0 amide bonds. The molecule has 0 saturated carbocycles. The zero-order chi connectivity index (χ0) is 13.0. The Bertz CT molecular complexity index is 496. The van der Waals surface area contributed by atoms with E-state index < -0.39 is 0 Å². The summed E-state index contributed by atoms with van der Waals surface area (Å²) in [5.41, 5.74) is 1.58. The van der Waals surface area contributed by atoms with E-state index in [9.17, 15) is 4.39 Å². The molecule has 1 aromatic heterocycles. The molecule has 1 unspecified atom stereocenters. The number of hydrogen-bond acceptors (Lipinski definition) is 2. The molecule has 4 heteroatoms. The second-order valence-corrected chi connectivity index (χ2v) is 4.86. The van der Waals surface area contributed by atoms with E-state index in [1.807, 2.05) is 31.3 Å². The lowest BCUT2D eigenvalue weighted by atomic mass is 10.0. The number of rotatable bonds is 4. The van der Waals surface area contributed by atoms with Crippen LogP contribution in [0, 0.1) is 5.82 Å². The van der Waals surface area contributed by atoms with Gasteiger partial charge in [-0.15, -0.1) is 0 Å². The Morgan fingerprint density at radius 2 is 2.11 bits per heavy atom. The highest BCUT2D eigenvalue weighted by molar-refractivity contribution is 9.10. The molecule has 2 rings (SSSR count). The van der Waals surface area contributed by atoms with E-state index in [1.54, 1.807) is 12.3 Å². The van der Waals surface area contributed by atoms with E-state index in [0.717, 1.165) is 10.2 Å². The Morgan fingerprint density at radius 3 is 2.72 bits per heavy atom. The number of nitrogens with zero attached hydrogens (tertiary/aromatic N) is 1. The molecule has 1 aromatic carbocycles. The molecule has 0 bridgehead atoms. The topological polar surface area (TPSA) is 24.9 Å². The fourth-order valence-corrected chi connectivity index (χ4v) is 2.54. The van der Waals surface area contributed by atoms with Gasteiger partial charge in [-0.05, 0) is 31.3 Å². The zero-order valence-electron chi connectivity index (χ0n) is 10.0. The molecule has 18 heavy (non-hydrogen) atoms. The quantitative estimate of drug-likeness (QED) is 0.935. The molecule has 2 nitrogen and oxygen atoms in total. The first-order chi connectivity index (χ1) is 8.72. The predicted molar refractivity (Wildman–Crippen MR) is 73.8 cm³/mol. The van der Waals surface area contributed by atoms with Crippen molar-refractivity contribution >= 4 is 15.9 Å². The number of nitrogens with one attached hydrogen (secondary N) is 1. The summed E-state index contributed by atoms with van der Waals surface area (Å²) in [4.78, 5) is 4.27. The molecule has 0 fully saturated rings. The SMILES string of the molecule is CNC(Cc1ccccn1)c1c(F)cccc1Br. The molecular formula is C14H14BrFN2. The van der Waals surface area contributed by atoms with E-state index in [-0.39, 0.29) is 11.9 Å². The molecule has 0 saturated heterocycles. The summed E-state index contributed by atoms with van der Waals surface area (Å²) in [6.45, 7) is 0. The number of likely N-dealkylation sites (N-methyl/N-ethyl adjacent to an activating group) is 1. The van der Waals surface area contributed by atoms with Crippen LogP contribution in [0.2, 0.25) is 0 Å². The van der Waals surface area contributed by atoms with Gasteiger partial charge in [-0.2, -0.15) is 0 Å². The van der Waals surface area contributed by atoms with Gasteiger partial charge >= 0.3 is 0 Å². The lowest BCUT2D eigenvalue weighted by molar-refractivity contribution is 0.527. The van der Waals surface area contributed by atoms with Crippen LogP contribution in [0.15, 0.2) is 47.1 Å². The Morgan fingerprint density at radius 1 is 1.28 bits per heavy atom. The Balaban J connectivity index is 2.29. The first kappa shape index (κ1) is 13.2. The summed E-state index contributed by atoms with van der Waals surface area (Å²) in [5, 5.41) is 3.14. The van der Waals surface area contributed by atoms with Gasteiger partial charge in [0.25, 0.3) is 0 Å². The molecule has 0 aliphatic rings. The van der Waals surface area contributed by atoms with Crippen LogP contribution in [0.4, 0.5) is 4.39 Å². The molecule has 2 aromatic rings. The van der Waals surface area contributed by atoms with Gasteiger partial charge in [-0.3, -0.25) is 4.98 Å². The van der Waals surface area contributed by atoms with Crippen molar-refractivity contribution in [3.8, 4) is 0 Å². The van der Waals surface area contributed by atoms with Crippen molar-refractivity contribution in [2.45, 2.75) is 12.5 Å². The number of aromatic nitrogens is 1. The van der Waals surface area contributed by atoms with E-state index in [1.165, 1.54) is 6.07 Å². The molecule has 0 aliphatic carbocycles. The maximum Gasteiger partial charge on any atom is 0.129 e. The molecule has 1 N–H and O–H groups in total. The van der Waals surface area contributed by atoms with Gasteiger partial charge in [0, 0.05) is 34.4 Å². The first-order valence-corrected chi connectivity index (χ1v) is 6.52. The third-order valence-corrected chi connectivity index (χ3v) is 3.53. The average Bonchev–Trinajstić information content (AvgIpc) is 2.38. The summed E-state index contributed by atoms with van der Waals surface area (Å²) in [6.07, 6.45) is 2.40. The number of halogens is 2. The summed E-state index contributed by atoms with van der Waals surface area (Å²) < 4.78 is 14.7. The predicted octanol–water partition coefficient (Wildman–Crippen LogP) is 3.49. The maximum absolute atomic E-state index is 13.9. The molecule has 0 radical (unpaired) electrons. The molecule has 1 atom stereocenters. The molecule has 0 aliphatic heterocycles. The zero-order valence-corrected chi connectivity index (χ0v) is 11.6. The van der Waals surface area contributed by atoms with Crippen molar-refractivity contribution in [2.75, 3.05) is 7.05 Å². The van der Waals surface area contributed by atoms with Gasteiger partial charge in [0.2, 0.25) is 0 Å². The Labute approximate surface area is 114 Å². The average molecular weight is 309 g/mol. The van der Waals surface area contributed by atoms with Crippen molar-refractivity contribution in [1.82, 2.24) is 10.3 Å². The van der Waals surface area contributed by atoms with Crippen molar-refractivity contribution in [3.05, 3.63) is 64.1 Å². The van der Waals surface area contributed by atoms with E-state index in [0.29, 0.717) is 12.0 Å². The van der Waals surface area contributed by atoms with Crippen LogP contribution in [-0.2, 0) is 6.42 Å². The molecule has 0 spiro atoms. The lowest BCUT2D eigenvalue weighted by Crippen LogP contribution is -2.21. The van der Waals surface area contributed by atoms with Crippen LogP contribution >= 0.6 is 15.9 Å². The van der Waals surface area contributed by atoms with Crippen LogP contribution in [0.5, 0.6) is 0 Å². The van der Waals surface area contributed by atoms with Crippen LogP contribution < -0.4 is 5.32 Å². The summed E-state index contributed by atoms with van der Waals surface area (Å²) in [7, 11) is 1.83. The fourth-order valence-electron chi connectivity index (χ4n) is 1.92. The third-order valence-electron chi connectivity index (χ3n) is 2.84. The van der Waals surface area contributed by atoms with Crippen molar-refractivity contribution in [2.24, 2.45) is 0 Å². The van der Waals surface area contributed by atoms with E-state index in [2.05, 4.69) is 26.2 Å². The van der Waals surface area contributed by atoms with Gasteiger partial charge < -0.3 is 5.32 Å². The fraction of sp³-hybridized carbons (Fsp3) is 0.214. The minimum atomic E-state index is -0.209. The van der Waals surface area contributed by atoms with Gasteiger partial charge in [-0.25, -0.2) is 4.39 Å². The largest absolute Gasteiger partial charge is 0.313 e. The van der Waals surface area contributed by atoms with Crippen molar-refractivity contribution in [3.63, 3.8) is 0 Å². The third kappa shape index (κ3) is 2.94. The smallest absolute Gasteiger partial charge is 0.129 e. The van der Waals surface area contributed by atoms with Gasteiger partial charge in [0.1, 0.15) is 5.82 Å². The normalized spacial score (nSPS) is 12.4. The maximum atomic E-state index is 13.9. The number of pyridine rings is 1. The van der Waals surface area contributed by atoms with Crippen molar-refractivity contribution < 1.29 is 4.39 Å². The number of benzene rings is 1. The van der Waals surface area contributed by atoms with Gasteiger partial charge in [-0.1, -0.05) is 28.1 Å². The Kier molecular flexibility index (Phi) is 4.44. The highest BCUT2D eigenvalue weighted by Gasteiger charge is 2.17. The first-order valence-electron chi connectivity index (χ1n) is 5.73. The highest BCUT2D eigenvalue weighted by atomic mass is 79.9. The summed E-state index contributed by atoms with van der Waals surface area (Å²) in [6, 6.07) is 10.7. The number of hydrogen-bond donors (Lipinski definition) is 1. The van der Waals surface area contributed by atoms with Gasteiger partial charge in [0.15, 0.2) is 0 Å². The summed E-state index contributed by atoms with van der Waals surface area (Å²) >= 11 is 3.40. The lowest BCUT2D eigenvalue weighted by Gasteiger charge is -2.18. The van der Waals surface area contributed by atoms with Crippen LogP contribution in [0.25, 0.3) is 0 Å². The van der Waals surface area contributed by atoms with E-state index >= 15 is 0 Å². The van der Waals surface area contributed by atoms with E-state index in [4.69, 9.17) is 0 Å².